The van der Waals surface area contributed by atoms with Gasteiger partial charge in [-0.1, -0.05) is 0 Å². The van der Waals surface area contributed by atoms with Gasteiger partial charge in [-0.3, -0.25) is 0 Å². The number of rotatable bonds is 5. The summed E-state index contributed by atoms with van der Waals surface area (Å²) >= 11 is 0. The maximum atomic E-state index is 11.7. The Balaban J connectivity index is 1.23. The Morgan fingerprint density at radius 3 is 2.52 bits per heavy atom. The monoisotopic (exact) mass is 420 g/mol. The quantitative estimate of drug-likeness (QED) is 0.754. The number of aromatic nitrogens is 4. The Hall–Kier alpha value is -1.62. The molecule has 3 fully saturated rings. The van der Waals surface area contributed by atoms with E-state index in [9.17, 15) is 13.5 Å². The lowest BCUT2D eigenvalue weighted by Gasteiger charge is -2.36. The molecular formula is C19H28N6O3S. The van der Waals surface area contributed by atoms with Crippen molar-refractivity contribution in [3.05, 3.63) is 23.7 Å². The van der Waals surface area contributed by atoms with Gasteiger partial charge < -0.3 is 10.0 Å². The van der Waals surface area contributed by atoms with Crippen LogP contribution in [0.4, 0.5) is 0 Å². The lowest BCUT2D eigenvalue weighted by molar-refractivity contribution is 0.00960. The first-order chi connectivity index (χ1) is 13.8. The second kappa shape index (κ2) is 6.97. The number of aliphatic hydroxyl groups is 1. The minimum atomic E-state index is -3.25. The first-order valence-electron chi connectivity index (χ1n) is 10.4. The average Bonchev–Trinajstić information content (AvgIpc) is 3.33. The molecule has 29 heavy (non-hydrogen) atoms. The van der Waals surface area contributed by atoms with Gasteiger partial charge in [0.1, 0.15) is 0 Å². The molecule has 0 aromatic carbocycles. The fraction of sp³-hybridized carbons (Fsp3) is 0.737. The van der Waals surface area contributed by atoms with Gasteiger partial charge in [0, 0.05) is 31.5 Å². The van der Waals surface area contributed by atoms with E-state index in [-0.39, 0.29) is 6.54 Å². The Kier molecular flexibility index (Phi) is 4.65. The number of hydrogen-bond donors (Lipinski definition) is 1. The van der Waals surface area contributed by atoms with Gasteiger partial charge >= 0.3 is 0 Å². The first kappa shape index (κ1) is 19.3. The van der Waals surface area contributed by atoms with E-state index in [1.807, 2.05) is 10.6 Å². The third kappa shape index (κ3) is 3.90. The van der Waals surface area contributed by atoms with Gasteiger partial charge in [-0.2, -0.15) is 13.9 Å². The van der Waals surface area contributed by atoms with Crippen LogP contribution in [0.3, 0.4) is 0 Å². The summed E-state index contributed by atoms with van der Waals surface area (Å²) < 4.78 is 26.8. The standard InChI is InChI=1S/C19H28N6O3S/c1-29(27,28)24-11-8-19(26,13-24)12-23-9-6-15(7-10-23)18-21-20-17-5-4-16(14-2-3-14)22-25(17)18/h4-5,14-15,26H,2-3,6-13H2,1H3. The molecule has 10 heteroatoms. The average molecular weight is 421 g/mol. The molecular weight excluding hydrogens is 392 g/mol. The molecule has 0 spiro atoms. The molecule has 1 aliphatic carbocycles. The number of likely N-dealkylation sites (tertiary alicyclic amines) is 1. The van der Waals surface area contributed by atoms with Gasteiger partial charge in [0.2, 0.25) is 10.0 Å². The Labute approximate surface area is 170 Å². The van der Waals surface area contributed by atoms with Crippen molar-refractivity contribution >= 4 is 15.7 Å². The highest BCUT2D eigenvalue weighted by Gasteiger charge is 2.41. The second-order valence-corrected chi connectivity index (χ2v) is 11.0. The van der Waals surface area contributed by atoms with Crippen molar-refractivity contribution in [3.63, 3.8) is 0 Å². The molecule has 2 aliphatic heterocycles. The van der Waals surface area contributed by atoms with Crippen molar-refractivity contribution in [2.24, 2.45) is 0 Å². The van der Waals surface area contributed by atoms with E-state index in [0.717, 1.165) is 43.1 Å². The third-order valence-electron chi connectivity index (χ3n) is 6.54. The van der Waals surface area contributed by atoms with E-state index in [4.69, 9.17) is 5.10 Å². The molecule has 3 aliphatic rings. The summed E-state index contributed by atoms with van der Waals surface area (Å²) in [6, 6.07) is 4.07. The molecule has 2 aromatic heterocycles. The number of hydrogen-bond acceptors (Lipinski definition) is 7. The highest BCUT2D eigenvalue weighted by Crippen LogP contribution is 2.39. The summed E-state index contributed by atoms with van der Waals surface area (Å²) in [7, 11) is -3.25. The number of piperidine rings is 1. The van der Waals surface area contributed by atoms with Crippen molar-refractivity contribution in [1.29, 1.82) is 0 Å². The summed E-state index contributed by atoms with van der Waals surface area (Å²) in [5, 5.41) is 24.4. The van der Waals surface area contributed by atoms with E-state index in [2.05, 4.69) is 21.2 Å². The molecule has 0 bridgehead atoms. The van der Waals surface area contributed by atoms with E-state index in [1.54, 1.807) is 0 Å². The maximum absolute atomic E-state index is 11.7. The number of sulfonamides is 1. The molecule has 4 heterocycles. The predicted octanol–water partition coefficient (Wildman–Crippen LogP) is 0.578. The summed E-state index contributed by atoms with van der Waals surface area (Å²) in [6.07, 6.45) is 5.99. The summed E-state index contributed by atoms with van der Waals surface area (Å²) in [4.78, 5) is 2.24. The lowest BCUT2D eigenvalue weighted by atomic mass is 9.94. The molecule has 1 N–H and O–H groups in total. The minimum absolute atomic E-state index is 0.189. The van der Waals surface area contributed by atoms with Crippen molar-refractivity contribution < 1.29 is 13.5 Å². The third-order valence-corrected chi connectivity index (χ3v) is 7.79. The molecule has 0 radical (unpaired) electrons. The second-order valence-electron chi connectivity index (χ2n) is 8.98. The molecule has 158 valence electrons. The molecule has 0 amide bonds. The maximum Gasteiger partial charge on any atom is 0.211 e. The van der Waals surface area contributed by atoms with Crippen LogP contribution in [0.15, 0.2) is 12.1 Å². The van der Waals surface area contributed by atoms with E-state index in [0.29, 0.717) is 31.3 Å². The molecule has 5 rings (SSSR count). The number of β-amino-alcohol motifs (C(OH)–C–C–N with tert-alkyl or cyclic N) is 1. The molecule has 2 saturated heterocycles. The highest BCUT2D eigenvalue weighted by atomic mass is 32.2. The van der Waals surface area contributed by atoms with Crippen molar-refractivity contribution in [3.8, 4) is 0 Å². The van der Waals surface area contributed by atoms with Gasteiger partial charge in [0.05, 0.1) is 17.6 Å². The topological polar surface area (TPSA) is 104 Å². The van der Waals surface area contributed by atoms with Gasteiger partial charge in [-0.05, 0) is 57.3 Å². The fourth-order valence-corrected chi connectivity index (χ4v) is 5.57. The van der Waals surface area contributed by atoms with Crippen molar-refractivity contribution in [2.45, 2.75) is 49.5 Å². The minimum Gasteiger partial charge on any atom is -0.387 e. The van der Waals surface area contributed by atoms with Gasteiger partial charge in [-0.25, -0.2) is 8.42 Å². The number of nitrogens with zero attached hydrogens (tertiary/aromatic N) is 6. The first-order valence-corrected chi connectivity index (χ1v) is 12.3. The van der Waals surface area contributed by atoms with Crippen LogP contribution in [0.2, 0.25) is 0 Å². The summed E-state index contributed by atoms with van der Waals surface area (Å²) in [5.74, 6) is 1.83. The Bertz CT molecular complexity index is 1010. The van der Waals surface area contributed by atoms with Crippen LogP contribution in [0.1, 0.15) is 55.5 Å². The Morgan fingerprint density at radius 1 is 1.10 bits per heavy atom. The molecule has 2 aromatic rings. The smallest absolute Gasteiger partial charge is 0.211 e. The highest BCUT2D eigenvalue weighted by molar-refractivity contribution is 7.88. The van der Waals surface area contributed by atoms with Gasteiger partial charge in [-0.15, -0.1) is 10.2 Å². The van der Waals surface area contributed by atoms with E-state index in [1.165, 1.54) is 23.4 Å². The van der Waals surface area contributed by atoms with Crippen LogP contribution >= 0.6 is 0 Å². The normalized spacial score (nSPS) is 27.8. The SMILES string of the molecule is CS(=O)(=O)N1CCC(O)(CN2CCC(c3nnc4ccc(C5CC5)nn34)CC2)C1. The van der Waals surface area contributed by atoms with Crippen LogP contribution in [-0.4, -0.2) is 87.1 Å². The van der Waals surface area contributed by atoms with Crippen molar-refractivity contribution in [2.75, 3.05) is 39.0 Å². The van der Waals surface area contributed by atoms with E-state index < -0.39 is 15.6 Å². The molecule has 1 atom stereocenters. The van der Waals surface area contributed by atoms with Crippen molar-refractivity contribution in [1.82, 2.24) is 29.0 Å². The zero-order chi connectivity index (χ0) is 20.2. The number of fused-ring (bicyclic) bond motifs is 1. The predicted molar refractivity (Wildman–Crippen MR) is 107 cm³/mol. The van der Waals surface area contributed by atoms with Gasteiger partial charge in [0.15, 0.2) is 11.5 Å². The molecule has 1 saturated carbocycles. The fourth-order valence-electron chi connectivity index (χ4n) is 4.67. The zero-order valence-corrected chi connectivity index (χ0v) is 17.6. The van der Waals surface area contributed by atoms with Crippen LogP contribution < -0.4 is 0 Å². The molecule has 1 unspecified atom stereocenters. The lowest BCUT2D eigenvalue weighted by Crippen LogP contribution is -2.48. The van der Waals surface area contributed by atoms with E-state index >= 15 is 0 Å². The van der Waals surface area contributed by atoms with Crippen LogP contribution in [0.25, 0.3) is 5.65 Å². The zero-order valence-electron chi connectivity index (χ0n) is 16.7. The molecule has 9 nitrogen and oxygen atoms in total. The van der Waals surface area contributed by atoms with Crippen LogP contribution in [-0.2, 0) is 10.0 Å². The van der Waals surface area contributed by atoms with Crippen LogP contribution in [0.5, 0.6) is 0 Å². The largest absolute Gasteiger partial charge is 0.387 e. The summed E-state index contributed by atoms with van der Waals surface area (Å²) in [6.45, 7) is 2.80. The van der Waals surface area contributed by atoms with Gasteiger partial charge in [0.25, 0.3) is 0 Å². The summed E-state index contributed by atoms with van der Waals surface area (Å²) in [5.41, 5.74) is 0.973. The van der Waals surface area contributed by atoms with Crippen LogP contribution in [0, 0.1) is 0 Å². The Morgan fingerprint density at radius 2 is 1.86 bits per heavy atom.